The molecule has 1 amide bonds. The molecule has 0 fully saturated rings. The lowest BCUT2D eigenvalue weighted by Gasteiger charge is -2.10. The topological polar surface area (TPSA) is 81.2 Å². The average Bonchev–Trinajstić information content (AvgIpc) is 3.27. The molecule has 2 heterocycles. The second-order valence-electron chi connectivity index (χ2n) is 5.77. The van der Waals surface area contributed by atoms with E-state index in [1.807, 2.05) is 38.1 Å². The molecule has 3 rings (SSSR count). The number of amides is 1. The van der Waals surface area contributed by atoms with Crippen LogP contribution in [0, 0.1) is 13.8 Å². The fourth-order valence-corrected chi connectivity index (χ4v) is 2.85. The zero-order valence-electron chi connectivity index (χ0n) is 14.3. The van der Waals surface area contributed by atoms with Gasteiger partial charge in [0, 0.05) is 5.56 Å². The molecule has 1 N–H and O–H groups in total. The second kappa shape index (κ2) is 7.57. The van der Waals surface area contributed by atoms with Crippen LogP contribution in [-0.4, -0.2) is 21.9 Å². The molecule has 0 aliphatic heterocycles. The summed E-state index contributed by atoms with van der Waals surface area (Å²) in [6, 6.07) is 9.41. The van der Waals surface area contributed by atoms with Gasteiger partial charge in [-0.1, -0.05) is 17.8 Å². The van der Waals surface area contributed by atoms with Crippen molar-refractivity contribution in [3.05, 3.63) is 53.5 Å². The number of hydrogen-bond acceptors (Lipinski definition) is 6. The van der Waals surface area contributed by atoms with E-state index in [1.54, 1.807) is 12.3 Å². The van der Waals surface area contributed by atoms with Crippen LogP contribution in [0.1, 0.15) is 29.9 Å². The molecule has 25 heavy (non-hydrogen) atoms. The molecule has 1 atom stereocenters. The molecule has 0 radical (unpaired) electrons. The number of nitrogens with zero attached hydrogens (tertiary/aromatic N) is 2. The van der Waals surface area contributed by atoms with Crippen molar-refractivity contribution < 1.29 is 13.6 Å². The SMILES string of the molecule is Cc1ccc(-c2nnc(SCC(=O)N[C@H](C)c3ccco3)o2)cc1C. The highest BCUT2D eigenvalue weighted by atomic mass is 32.2. The maximum atomic E-state index is 12.0. The van der Waals surface area contributed by atoms with E-state index in [1.165, 1.54) is 17.3 Å². The van der Waals surface area contributed by atoms with Crippen LogP contribution in [0.25, 0.3) is 11.5 Å². The number of thioether (sulfide) groups is 1. The lowest BCUT2D eigenvalue weighted by molar-refractivity contribution is -0.119. The minimum absolute atomic E-state index is 0.125. The van der Waals surface area contributed by atoms with E-state index in [0.717, 1.165) is 11.1 Å². The monoisotopic (exact) mass is 357 g/mol. The van der Waals surface area contributed by atoms with Gasteiger partial charge < -0.3 is 14.2 Å². The summed E-state index contributed by atoms with van der Waals surface area (Å²) in [6.45, 7) is 5.96. The molecule has 130 valence electrons. The summed E-state index contributed by atoms with van der Waals surface area (Å²) in [5, 5.41) is 11.3. The first-order valence-corrected chi connectivity index (χ1v) is 8.88. The van der Waals surface area contributed by atoms with E-state index in [9.17, 15) is 4.79 Å². The van der Waals surface area contributed by atoms with Crippen LogP contribution in [0.2, 0.25) is 0 Å². The van der Waals surface area contributed by atoms with Crippen LogP contribution in [0.3, 0.4) is 0 Å². The van der Waals surface area contributed by atoms with Crippen molar-refractivity contribution in [1.82, 2.24) is 15.5 Å². The Hall–Kier alpha value is -2.54. The number of aryl methyl sites for hydroxylation is 2. The molecule has 2 aromatic heterocycles. The van der Waals surface area contributed by atoms with Gasteiger partial charge in [0.25, 0.3) is 5.22 Å². The van der Waals surface area contributed by atoms with Crippen LogP contribution < -0.4 is 5.32 Å². The van der Waals surface area contributed by atoms with Gasteiger partial charge >= 0.3 is 0 Å². The molecule has 3 aromatic rings. The summed E-state index contributed by atoms with van der Waals surface area (Å²) in [5.74, 6) is 1.24. The van der Waals surface area contributed by atoms with Gasteiger partial charge in [-0.15, -0.1) is 10.2 Å². The van der Waals surface area contributed by atoms with E-state index in [4.69, 9.17) is 8.83 Å². The third-order valence-corrected chi connectivity index (χ3v) is 4.65. The molecule has 0 saturated heterocycles. The summed E-state index contributed by atoms with van der Waals surface area (Å²) in [7, 11) is 0. The zero-order valence-corrected chi connectivity index (χ0v) is 15.1. The van der Waals surface area contributed by atoms with Crippen LogP contribution in [0.15, 0.2) is 50.7 Å². The first-order valence-electron chi connectivity index (χ1n) is 7.89. The Balaban J connectivity index is 1.56. The predicted octanol–water partition coefficient (Wildman–Crippen LogP) is 3.92. The summed E-state index contributed by atoms with van der Waals surface area (Å²) < 4.78 is 10.9. The molecule has 7 heteroatoms. The van der Waals surface area contributed by atoms with Crippen molar-refractivity contribution in [2.75, 3.05) is 5.75 Å². The van der Waals surface area contributed by atoms with E-state index < -0.39 is 0 Å². The van der Waals surface area contributed by atoms with Gasteiger partial charge in [0.1, 0.15) is 5.76 Å². The van der Waals surface area contributed by atoms with Crippen molar-refractivity contribution in [3.63, 3.8) is 0 Å². The van der Waals surface area contributed by atoms with Gasteiger partial charge in [0.05, 0.1) is 18.1 Å². The number of benzene rings is 1. The zero-order chi connectivity index (χ0) is 17.8. The number of carbonyl (C=O) groups excluding carboxylic acids is 1. The van der Waals surface area contributed by atoms with Crippen molar-refractivity contribution in [3.8, 4) is 11.5 Å². The van der Waals surface area contributed by atoms with Crippen LogP contribution in [0.4, 0.5) is 0 Å². The Morgan fingerprint density at radius 1 is 1.24 bits per heavy atom. The Kier molecular flexibility index (Phi) is 5.23. The molecule has 0 saturated carbocycles. The Morgan fingerprint density at radius 2 is 2.08 bits per heavy atom. The number of aromatic nitrogens is 2. The van der Waals surface area contributed by atoms with Gasteiger partial charge in [-0.2, -0.15) is 0 Å². The minimum atomic E-state index is -0.183. The summed E-state index contributed by atoms with van der Waals surface area (Å²) in [4.78, 5) is 12.0. The first kappa shape index (κ1) is 17.3. The highest BCUT2D eigenvalue weighted by molar-refractivity contribution is 7.99. The third kappa shape index (κ3) is 4.30. The summed E-state index contributed by atoms with van der Waals surface area (Å²) in [6.07, 6.45) is 1.58. The van der Waals surface area contributed by atoms with Gasteiger partial charge in [-0.3, -0.25) is 4.79 Å². The van der Waals surface area contributed by atoms with Crippen molar-refractivity contribution in [2.45, 2.75) is 32.0 Å². The number of nitrogens with one attached hydrogen (secondary N) is 1. The Morgan fingerprint density at radius 3 is 2.80 bits per heavy atom. The second-order valence-corrected chi connectivity index (χ2v) is 6.69. The molecule has 1 aromatic carbocycles. The summed E-state index contributed by atoms with van der Waals surface area (Å²) >= 11 is 1.21. The van der Waals surface area contributed by atoms with E-state index >= 15 is 0 Å². The van der Waals surface area contributed by atoms with E-state index in [2.05, 4.69) is 22.4 Å². The molecule has 0 aliphatic carbocycles. The molecule has 0 unspecified atom stereocenters. The standard InChI is InChI=1S/C18H19N3O3S/c1-11-6-7-14(9-12(11)2)17-20-21-18(24-17)25-10-16(22)19-13(3)15-5-4-8-23-15/h4-9,13H,10H2,1-3H3,(H,19,22)/t13-/m1/s1. The van der Waals surface area contributed by atoms with Gasteiger partial charge in [-0.05, 0) is 56.2 Å². The molecular weight excluding hydrogens is 338 g/mol. The number of furan rings is 1. The summed E-state index contributed by atoms with van der Waals surface area (Å²) in [5.41, 5.74) is 3.25. The first-order chi connectivity index (χ1) is 12.0. The number of rotatable bonds is 6. The maximum Gasteiger partial charge on any atom is 0.277 e. The maximum absolute atomic E-state index is 12.0. The Labute approximate surface area is 150 Å². The minimum Gasteiger partial charge on any atom is -0.467 e. The van der Waals surface area contributed by atoms with Crippen LogP contribution in [-0.2, 0) is 4.79 Å². The van der Waals surface area contributed by atoms with Gasteiger partial charge in [0.15, 0.2) is 0 Å². The largest absolute Gasteiger partial charge is 0.467 e. The fourth-order valence-electron chi connectivity index (χ4n) is 2.28. The van der Waals surface area contributed by atoms with E-state index in [-0.39, 0.29) is 17.7 Å². The molecule has 0 bridgehead atoms. The highest BCUT2D eigenvalue weighted by Crippen LogP contribution is 2.25. The normalized spacial score (nSPS) is 12.1. The van der Waals surface area contributed by atoms with Crippen molar-refractivity contribution in [1.29, 1.82) is 0 Å². The highest BCUT2D eigenvalue weighted by Gasteiger charge is 2.14. The molecule has 6 nitrogen and oxygen atoms in total. The van der Waals surface area contributed by atoms with Gasteiger partial charge in [-0.25, -0.2) is 0 Å². The third-order valence-electron chi connectivity index (χ3n) is 3.83. The van der Waals surface area contributed by atoms with E-state index in [0.29, 0.717) is 16.9 Å². The number of hydrogen-bond donors (Lipinski definition) is 1. The Bertz CT molecular complexity index is 858. The van der Waals surface area contributed by atoms with Crippen molar-refractivity contribution >= 4 is 17.7 Å². The molecular formula is C18H19N3O3S. The lowest BCUT2D eigenvalue weighted by Crippen LogP contribution is -2.27. The van der Waals surface area contributed by atoms with Crippen LogP contribution >= 0.6 is 11.8 Å². The van der Waals surface area contributed by atoms with Crippen LogP contribution in [0.5, 0.6) is 0 Å². The predicted molar refractivity (Wildman–Crippen MR) is 95.2 cm³/mol. The smallest absolute Gasteiger partial charge is 0.277 e. The molecule has 0 aliphatic rings. The van der Waals surface area contributed by atoms with Gasteiger partial charge in [0.2, 0.25) is 11.8 Å². The number of carbonyl (C=O) groups is 1. The average molecular weight is 357 g/mol. The quantitative estimate of drug-likeness (QED) is 0.674. The lowest BCUT2D eigenvalue weighted by atomic mass is 10.1. The fraction of sp³-hybridized carbons (Fsp3) is 0.278. The van der Waals surface area contributed by atoms with Crippen molar-refractivity contribution in [2.24, 2.45) is 0 Å². The molecule has 0 spiro atoms.